The number of aryl methyl sites for hydroxylation is 1. The second kappa shape index (κ2) is 13.9. The van der Waals surface area contributed by atoms with Crippen molar-refractivity contribution >= 4 is 29.5 Å². The number of amides is 4. The third-order valence-corrected chi connectivity index (χ3v) is 7.43. The topological polar surface area (TPSA) is 128 Å². The first-order chi connectivity index (χ1) is 20.6. The van der Waals surface area contributed by atoms with Gasteiger partial charge in [-0.3, -0.25) is 19.3 Å². The Balaban J connectivity index is 1.68. The van der Waals surface area contributed by atoms with Crippen molar-refractivity contribution in [3.05, 3.63) is 95.1 Å². The molecule has 4 rings (SSSR count). The van der Waals surface area contributed by atoms with Crippen LogP contribution in [0.4, 0.5) is 10.5 Å². The van der Waals surface area contributed by atoms with Gasteiger partial charge in [0, 0.05) is 24.3 Å². The van der Waals surface area contributed by atoms with Crippen molar-refractivity contribution in [2.45, 2.75) is 51.7 Å². The van der Waals surface area contributed by atoms with E-state index in [1.807, 2.05) is 25.1 Å². The molecule has 3 aromatic rings. The zero-order chi connectivity index (χ0) is 31.1. The average molecular weight is 587 g/mol. The highest BCUT2D eigenvalue weighted by atomic mass is 16.5. The second-order valence-corrected chi connectivity index (χ2v) is 10.9. The molecular weight excluding hydrogens is 548 g/mol. The Hall–Kier alpha value is -4.86. The van der Waals surface area contributed by atoms with Gasteiger partial charge in [-0.2, -0.15) is 0 Å². The van der Waals surface area contributed by atoms with E-state index in [1.165, 1.54) is 16.9 Å². The van der Waals surface area contributed by atoms with Crippen LogP contribution < -0.4 is 15.4 Å². The first-order valence-corrected chi connectivity index (χ1v) is 14.3. The molecule has 3 aromatic carbocycles. The van der Waals surface area contributed by atoms with Crippen molar-refractivity contribution in [1.29, 1.82) is 0 Å². The van der Waals surface area contributed by atoms with Gasteiger partial charge in [-0.15, -0.1) is 0 Å². The van der Waals surface area contributed by atoms with E-state index in [2.05, 4.69) is 24.5 Å². The van der Waals surface area contributed by atoms with Crippen molar-refractivity contribution in [2.75, 3.05) is 25.5 Å². The monoisotopic (exact) mass is 586 g/mol. The number of methoxy groups -OCH3 is 1. The lowest BCUT2D eigenvalue weighted by molar-refractivity contribution is -0.138. The predicted octanol–water partition coefficient (Wildman–Crippen LogP) is 5.17. The molecule has 0 aromatic heterocycles. The molecular formula is C33H38N4O6. The Kier molecular flexibility index (Phi) is 10.0. The number of nitrogens with zero attached hydrogens (tertiary/aromatic N) is 2. The van der Waals surface area contributed by atoms with Crippen LogP contribution in [0.25, 0.3) is 0 Å². The maximum absolute atomic E-state index is 14.1. The fraction of sp³-hybridized carbons (Fsp3) is 0.333. The number of carbonyl (C=O) groups is 4. The standard InChI is InChI=1S/C33H38N4O6/c1-21(2)23-12-14-26(15-13-23)34-33(42)37-17-7-16-36(32(41)25-10-6-11-27(19-25)43-4)31(37)30(40)35-28(20-29(38)39)24-9-5-8-22(3)18-24/h5-6,8-15,18-19,21,28,31H,7,16-17,20H2,1-4H3,(H,34,42)(H,35,40)(H,38,39). The summed E-state index contributed by atoms with van der Waals surface area (Å²) in [5.74, 6) is -1.41. The number of ether oxygens (including phenoxy) is 1. The summed E-state index contributed by atoms with van der Waals surface area (Å²) in [7, 11) is 1.49. The molecule has 0 radical (unpaired) electrons. The van der Waals surface area contributed by atoms with Gasteiger partial charge >= 0.3 is 12.0 Å². The smallest absolute Gasteiger partial charge is 0.323 e. The molecule has 1 aliphatic heterocycles. The predicted molar refractivity (Wildman–Crippen MR) is 163 cm³/mol. The summed E-state index contributed by atoms with van der Waals surface area (Å²) >= 11 is 0. The van der Waals surface area contributed by atoms with E-state index in [4.69, 9.17) is 4.74 Å². The molecule has 1 fully saturated rings. The summed E-state index contributed by atoms with van der Waals surface area (Å²) in [4.78, 5) is 56.0. The summed E-state index contributed by atoms with van der Waals surface area (Å²) in [5, 5.41) is 15.3. The van der Waals surface area contributed by atoms with Crippen LogP contribution in [0.2, 0.25) is 0 Å². The van der Waals surface area contributed by atoms with E-state index in [0.717, 1.165) is 11.1 Å². The molecule has 2 atom stereocenters. The van der Waals surface area contributed by atoms with E-state index in [0.29, 0.717) is 34.9 Å². The molecule has 0 bridgehead atoms. The molecule has 4 amide bonds. The number of aliphatic carboxylic acids is 1. The quantitative estimate of drug-likeness (QED) is 0.318. The molecule has 0 aliphatic carbocycles. The second-order valence-electron chi connectivity index (χ2n) is 10.9. The van der Waals surface area contributed by atoms with Crippen LogP contribution in [-0.2, 0) is 9.59 Å². The average Bonchev–Trinajstić information content (AvgIpc) is 3.00. The molecule has 0 spiro atoms. The van der Waals surface area contributed by atoms with Crippen molar-refractivity contribution in [2.24, 2.45) is 0 Å². The van der Waals surface area contributed by atoms with Crippen molar-refractivity contribution < 1.29 is 29.0 Å². The van der Waals surface area contributed by atoms with E-state index in [9.17, 15) is 24.3 Å². The van der Waals surface area contributed by atoms with Crippen molar-refractivity contribution in [3.63, 3.8) is 0 Å². The lowest BCUT2D eigenvalue weighted by Crippen LogP contribution is -2.64. The zero-order valence-corrected chi connectivity index (χ0v) is 24.9. The minimum absolute atomic E-state index is 0.212. The Morgan fingerprint density at radius 2 is 1.63 bits per heavy atom. The number of carbonyl (C=O) groups excluding carboxylic acids is 3. The summed E-state index contributed by atoms with van der Waals surface area (Å²) in [5.41, 5.74) is 3.47. The van der Waals surface area contributed by atoms with Gasteiger partial charge in [-0.1, -0.05) is 61.9 Å². The molecule has 2 unspecified atom stereocenters. The van der Waals surface area contributed by atoms with Gasteiger partial charge in [-0.25, -0.2) is 4.79 Å². The maximum Gasteiger partial charge on any atom is 0.323 e. The van der Waals surface area contributed by atoms with E-state index < -0.39 is 36.0 Å². The minimum atomic E-state index is -1.33. The van der Waals surface area contributed by atoms with Crippen molar-refractivity contribution in [3.8, 4) is 5.75 Å². The fourth-order valence-corrected chi connectivity index (χ4v) is 5.16. The SMILES string of the molecule is COc1cccc(C(=O)N2CCCN(C(=O)Nc3ccc(C(C)C)cc3)C2C(=O)NC(CC(=O)O)c2cccc(C)c2)c1. The van der Waals surface area contributed by atoms with Gasteiger partial charge in [0.1, 0.15) is 5.75 Å². The van der Waals surface area contributed by atoms with Crippen LogP contribution in [-0.4, -0.2) is 65.1 Å². The van der Waals surface area contributed by atoms with Crippen LogP contribution in [0.1, 0.15) is 65.7 Å². The number of nitrogens with one attached hydrogen (secondary N) is 2. The third kappa shape index (κ3) is 7.71. The molecule has 1 heterocycles. The van der Waals surface area contributed by atoms with Crippen LogP contribution >= 0.6 is 0 Å². The highest BCUT2D eigenvalue weighted by Crippen LogP contribution is 2.25. The first-order valence-electron chi connectivity index (χ1n) is 14.3. The lowest BCUT2D eigenvalue weighted by Gasteiger charge is -2.43. The van der Waals surface area contributed by atoms with Crippen LogP contribution in [0.3, 0.4) is 0 Å². The van der Waals surface area contributed by atoms with Crippen LogP contribution in [0.15, 0.2) is 72.8 Å². The van der Waals surface area contributed by atoms with Gasteiger partial charge in [0.05, 0.1) is 19.6 Å². The zero-order valence-electron chi connectivity index (χ0n) is 24.9. The highest BCUT2D eigenvalue weighted by Gasteiger charge is 2.41. The number of hydrogen-bond acceptors (Lipinski definition) is 5. The number of carboxylic acids is 1. The molecule has 10 heteroatoms. The fourth-order valence-electron chi connectivity index (χ4n) is 5.16. The van der Waals surface area contributed by atoms with Crippen molar-refractivity contribution in [1.82, 2.24) is 15.1 Å². The number of anilines is 1. The Morgan fingerprint density at radius 3 is 2.28 bits per heavy atom. The molecule has 226 valence electrons. The molecule has 10 nitrogen and oxygen atoms in total. The molecule has 3 N–H and O–H groups in total. The molecule has 0 saturated carbocycles. The van der Waals surface area contributed by atoms with Gasteiger partial charge < -0.3 is 25.4 Å². The van der Waals surface area contributed by atoms with E-state index in [1.54, 1.807) is 54.6 Å². The first kappa shape index (κ1) is 31.1. The number of benzene rings is 3. The molecule has 1 saturated heterocycles. The summed E-state index contributed by atoms with van der Waals surface area (Å²) in [6.07, 6.45) is -1.26. The van der Waals surface area contributed by atoms with Gasteiger partial charge in [-0.05, 0) is 60.7 Å². The largest absolute Gasteiger partial charge is 0.497 e. The summed E-state index contributed by atoms with van der Waals surface area (Å²) in [6, 6.07) is 19.8. The Morgan fingerprint density at radius 1 is 0.930 bits per heavy atom. The number of urea groups is 1. The van der Waals surface area contributed by atoms with E-state index in [-0.39, 0.29) is 19.5 Å². The Labute approximate surface area is 251 Å². The number of hydrogen-bond donors (Lipinski definition) is 3. The summed E-state index contributed by atoms with van der Waals surface area (Å²) < 4.78 is 5.28. The van der Waals surface area contributed by atoms with Gasteiger partial charge in [0.25, 0.3) is 11.8 Å². The van der Waals surface area contributed by atoms with Gasteiger partial charge in [0.15, 0.2) is 6.17 Å². The maximum atomic E-state index is 14.1. The van der Waals surface area contributed by atoms with Crippen LogP contribution in [0, 0.1) is 6.92 Å². The Bertz CT molecular complexity index is 1470. The molecule has 43 heavy (non-hydrogen) atoms. The number of rotatable bonds is 9. The summed E-state index contributed by atoms with van der Waals surface area (Å²) in [6.45, 7) is 6.46. The molecule has 1 aliphatic rings. The van der Waals surface area contributed by atoms with Gasteiger partial charge in [0.2, 0.25) is 0 Å². The lowest BCUT2D eigenvalue weighted by atomic mass is 10.0. The minimum Gasteiger partial charge on any atom is -0.497 e. The highest BCUT2D eigenvalue weighted by molar-refractivity contribution is 6.00. The number of carboxylic acid groups (broad SMARTS) is 1. The third-order valence-electron chi connectivity index (χ3n) is 7.43. The van der Waals surface area contributed by atoms with E-state index >= 15 is 0 Å². The van der Waals surface area contributed by atoms with Crippen LogP contribution in [0.5, 0.6) is 5.75 Å². The normalized spacial score (nSPS) is 15.5.